The third-order valence-electron chi connectivity index (χ3n) is 1.61. The van der Waals surface area contributed by atoms with Crippen LogP contribution in [0.2, 0.25) is 0 Å². The molecule has 1 aliphatic heterocycles. The Labute approximate surface area is 69.9 Å². The third kappa shape index (κ3) is 1.12. The van der Waals surface area contributed by atoms with E-state index < -0.39 is 0 Å². The highest BCUT2D eigenvalue weighted by Crippen LogP contribution is 2.31. The molecule has 1 aliphatic rings. The Bertz CT molecular complexity index is 296. The van der Waals surface area contributed by atoms with Gasteiger partial charge in [-0.05, 0) is 12.1 Å². The van der Waals surface area contributed by atoms with Gasteiger partial charge in [-0.3, -0.25) is 5.01 Å². The van der Waals surface area contributed by atoms with Gasteiger partial charge in [0.2, 0.25) is 0 Å². The summed E-state index contributed by atoms with van der Waals surface area (Å²) in [6, 6.07) is 8.23. The molecule has 0 N–H and O–H groups in total. The molecule has 56 valence electrons. The number of fused-ring (bicyclic) bond motifs is 1. The topological polar surface area (TPSA) is 15.6 Å². The minimum Gasteiger partial charge on any atom is -0.267 e. The highest BCUT2D eigenvalue weighted by molar-refractivity contribution is 8.12. The predicted molar refractivity (Wildman–Crippen MR) is 49.2 cm³/mol. The average Bonchev–Trinajstić information content (AvgIpc) is 2.06. The second kappa shape index (κ2) is 2.58. The average molecular weight is 164 g/mol. The molecular weight excluding hydrogens is 156 g/mol. The van der Waals surface area contributed by atoms with Crippen LogP contribution in [0.5, 0.6) is 0 Å². The van der Waals surface area contributed by atoms with E-state index in [4.69, 9.17) is 0 Å². The maximum Gasteiger partial charge on any atom is 0.0852 e. The van der Waals surface area contributed by atoms with Crippen molar-refractivity contribution in [3.8, 4) is 0 Å². The lowest BCUT2D eigenvalue weighted by Crippen LogP contribution is -2.11. The standard InChI is InChI=1S/C8H8N2S/c1-10-7-4-2-3-5-8(7)11-6-9-10/h2-6H,1H3. The Hall–Kier alpha value is -0.960. The smallest absolute Gasteiger partial charge is 0.0852 e. The van der Waals surface area contributed by atoms with E-state index in [9.17, 15) is 0 Å². The monoisotopic (exact) mass is 164 g/mol. The SMILES string of the molecule is CN1N=CSc2ccccc21. The van der Waals surface area contributed by atoms with Gasteiger partial charge >= 0.3 is 0 Å². The molecule has 0 aliphatic carbocycles. The van der Waals surface area contributed by atoms with Gasteiger partial charge in [0.05, 0.1) is 11.2 Å². The van der Waals surface area contributed by atoms with Gasteiger partial charge in [-0.25, -0.2) is 0 Å². The van der Waals surface area contributed by atoms with Crippen molar-refractivity contribution in [1.29, 1.82) is 0 Å². The molecule has 0 spiro atoms. The van der Waals surface area contributed by atoms with Crippen LogP contribution >= 0.6 is 11.8 Å². The molecule has 0 aromatic heterocycles. The van der Waals surface area contributed by atoms with Gasteiger partial charge in [-0.2, -0.15) is 5.10 Å². The van der Waals surface area contributed by atoms with Crippen molar-refractivity contribution in [2.75, 3.05) is 12.1 Å². The number of rotatable bonds is 0. The summed E-state index contributed by atoms with van der Waals surface area (Å²) in [4.78, 5) is 1.27. The molecular formula is C8H8N2S. The first-order valence-electron chi connectivity index (χ1n) is 3.40. The first-order valence-corrected chi connectivity index (χ1v) is 4.28. The van der Waals surface area contributed by atoms with E-state index in [2.05, 4.69) is 17.2 Å². The Balaban J connectivity index is 2.50. The molecule has 1 aromatic carbocycles. The lowest BCUT2D eigenvalue weighted by atomic mass is 10.3. The highest BCUT2D eigenvalue weighted by Gasteiger charge is 2.08. The van der Waals surface area contributed by atoms with Crippen molar-refractivity contribution >= 4 is 23.0 Å². The molecule has 0 bridgehead atoms. The van der Waals surface area contributed by atoms with Crippen LogP contribution in [0.15, 0.2) is 34.3 Å². The van der Waals surface area contributed by atoms with Crippen LogP contribution in [0.3, 0.4) is 0 Å². The van der Waals surface area contributed by atoms with E-state index in [0.29, 0.717) is 0 Å². The molecule has 2 rings (SSSR count). The lowest BCUT2D eigenvalue weighted by Gasteiger charge is -2.19. The van der Waals surface area contributed by atoms with Crippen molar-refractivity contribution in [3.63, 3.8) is 0 Å². The maximum absolute atomic E-state index is 4.14. The van der Waals surface area contributed by atoms with Gasteiger partial charge in [0, 0.05) is 11.9 Å². The van der Waals surface area contributed by atoms with Crippen molar-refractivity contribution in [2.45, 2.75) is 4.90 Å². The quantitative estimate of drug-likeness (QED) is 0.584. The van der Waals surface area contributed by atoms with Crippen LogP contribution in [0.25, 0.3) is 0 Å². The fourth-order valence-corrected chi connectivity index (χ4v) is 1.82. The summed E-state index contributed by atoms with van der Waals surface area (Å²) < 4.78 is 0. The zero-order valence-electron chi connectivity index (χ0n) is 6.19. The number of hydrogen-bond acceptors (Lipinski definition) is 3. The van der Waals surface area contributed by atoms with Crippen molar-refractivity contribution in [1.82, 2.24) is 0 Å². The van der Waals surface area contributed by atoms with Gasteiger partial charge in [0.15, 0.2) is 0 Å². The first-order chi connectivity index (χ1) is 5.38. The molecule has 0 radical (unpaired) electrons. The number of anilines is 1. The Morgan fingerprint density at radius 1 is 1.36 bits per heavy atom. The molecule has 0 amide bonds. The van der Waals surface area contributed by atoms with Crippen LogP contribution in [-0.2, 0) is 0 Å². The van der Waals surface area contributed by atoms with Gasteiger partial charge in [-0.1, -0.05) is 23.9 Å². The van der Waals surface area contributed by atoms with Gasteiger partial charge < -0.3 is 0 Å². The molecule has 2 nitrogen and oxygen atoms in total. The summed E-state index contributed by atoms with van der Waals surface area (Å²) in [5, 5.41) is 6.02. The largest absolute Gasteiger partial charge is 0.267 e. The molecule has 0 unspecified atom stereocenters. The van der Waals surface area contributed by atoms with Crippen LogP contribution in [0.1, 0.15) is 0 Å². The number of thioether (sulfide) groups is 1. The normalized spacial score (nSPS) is 14.8. The van der Waals surface area contributed by atoms with Gasteiger partial charge in [0.1, 0.15) is 0 Å². The number of hydrazone groups is 1. The molecule has 0 saturated carbocycles. The number of para-hydroxylation sites is 1. The Kier molecular flexibility index (Phi) is 1.58. The van der Waals surface area contributed by atoms with Crippen LogP contribution in [0, 0.1) is 0 Å². The minimum absolute atomic E-state index is 1.18. The van der Waals surface area contributed by atoms with E-state index >= 15 is 0 Å². The fourth-order valence-electron chi connectivity index (χ4n) is 1.04. The summed E-state index contributed by atoms with van der Waals surface area (Å²) >= 11 is 1.66. The second-order valence-corrected chi connectivity index (χ2v) is 3.22. The molecule has 1 aromatic rings. The summed E-state index contributed by atoms with van der Waals surface area (Å²) in [5.41, 5.74) is 3.03. The van der Waals surface area contributed by atoms with Crippen LogP contribution < -0.4 is 5.01 Å². The maximum atomic E-state index is 4.14. The van der Waals surface area contributed by atoms with E-state index in [1.165, 1.54) is 10.6 Å². The number of benzene rings is 1. The van der Waals surface area contributed by atoms with E-state index in [1.54, 1.807) is 11.8 Å². The molecule has 3 heteroatoms. The summed E-state index contributed by atoms with van der Waals surface area (Å²) in [6.07, 6.45) is 0. The van der Waals surface area contributed by atoms with Crippen molar-refractivity contribution in [2.24, 2.45) is 5.10 Å². The van der Waals surface area contributed by atoms with Crippen LogP contribution in [-0.4, -0.2) is 12.6 Å². The fraction of sp³-hybridized carbons (Fsp3) is 0.125. The van der Waals surface area contributed by atoms with E-state index in [0.717, 1.165) is 0 Å². The zero-order chi connectivity index (χ0) is 7.68. The van der Waals surface area contributed by atoms with Crippen LogP contribution in [0.4, 0.5) is 5.69 Å². The lowest BCUT2D eigenvalue weighted by molar-refractivity contribution is 1.00. The Morgan fingerprint density at radius 2 is 2.18 bits per heavy atom. The zero-order valence-corrected chi connectivity index (χ0v) is 7.01. The molecule has 1 heterocycles. The van der Waals surface area contributed by atoms with Gasteiger partial charge in [0.25, 0.3) is 0 Å². The van der Waals surface area contributed by atoms with E-state index in [-0.39, 0.29) is 0 Å². The Morgan fingerprint density at radius 3 is 3.00 bits per heavy atom. The minimum atomic E-state index is 1.18. The predicted octanol–water partition coefficient (Wildman–Crippen LogP) is 2.17. The highest BCUT2D eigenvalue weighted by atomic mass is 32.2. The molecule has 0 fully saturated rings. The molecule has 0 saturated heterocycles. The number of hydrogen-bond donors (Lipinski definition) is 0. The first kappa shape index (κ1) is 6.73. The van der Waals surface area contributed by atoms with Crippen molar-refractivity contribution in [3.05, 3.63) is 24.3 Å². The van der Waals surface area contributed by atoms with Crippen molar-refractivity contribution < 1.29 is 0 Å². The summed E-state index contributed by atoms with van der Waals surface area (Å²) in [5.74, 6) is 0. The second-order valence-electron chi connectivity index (χ2n) is 2.33. The van der Waals surface area contributed by atoms with E-state index in [1.807, 2.05) is 29.7 Å². The molecule has 0 atom stereocenters. The molecule has 11 heavy (non-hydrogen) atoms. The third-order valence-corrected chi connectivity index (χ3v) is 2.41. The number of nitrogens with zero attached hydrogens (tertiary/aromatic N) is 2. The summed E-state index contributed by atoms with van der Waals surface area (Å²) in [7, 11) is 1.95. The van der Waals surface area contributed by atoms with Gasteiger partial charge in [-0.15, -0.1) is 0 Å². The summed E-state index contributed by atoms with van der Waals surface area (Å²) in [6.45, 7) is 0.